The fourth-order valence-corrected chi connectivity index (χ4v) is 3.14. The Morgan fingerprint density at radius 1 is 0.909 bits per heavy atom. The van der Waals surface area contributed by atoms with Crippen LogP contribution in [0.2, 0.25) is 0 Å². The van der Waals surface area contributed by atoms with Gasteiger partial charge in [0.1, 0.15) is 13.2 Å². The van der Waals surface area contributed by atoms with Gasteiger partial charge in [-0.15, -0.1) is 0 Å². The molecular formula is C15H29NO4S2. The molecule has 0 unspecified atom stereocenters. The van der Waals surface area contributed by atoms with E-state index in [1.165, 1.54) is 0 Å². The fourth-order valence-electron chi connectivity index (χ4n) is 1.49. The SMILES string of the molecule is CCCCCC(=O)OCCSSCCOC(=O)NCCCC. The summed E-state index contributed by atoms with van der Waals surface area (Å²) in [6.45, 7) is 5.69. The Hall–Kier alpha value is -0.560. The molecule has 0 aliphatic rings. The number of hydrogen-bond donors (Lipinski definition) is 1. The Kier molecular flexibility index (Phi) is 16.4. The average Bonchev–Trinajstić information content (AvgIpc) is 2.50. The summed E-state index contributed by atoms with van der Waals surface area (Å²) in [5, 5.41) is 2.69. The van der Waals surface area contributed by atoms with Gasteiger partial charge >= 0.3 is 12.1 Å². The first kappa shape index (κ1) is 21.4. The molecule has 5 nitrogen and oxygen atoms in total. The normalized spacial score (nSPS) is 10.3. The first-order chi connectivity index (χ1) is 10.7. The lowest BCUT2D eigenvalue weighted by molar-refractivity contribution is -0.143. The maximum atomic E-state index is 11.3. The minimum Gasteiger partial charge on any atom is -0.465 e. The van der Waals surface area contributed by atoms with E-state index in [1.807, 2.05) is 0 Å². The highest BCUT2D eigenvalue weighted by atomic mass is 33.1. The van der Waals surface area contributed by atoms with Crippen LogP contribution in [-0.2, 0) is 14.3 Å². The molecule has 0 spiro atoms. The number of ether oxygens (including phenoxy) is 2. The highest BCUT2D eigenvalue weighted by Gasteiger charge is 2.03. The fraction of sp³-hybridized carbons (Fsp3) is 0.867. The zero-order valence-corrected chi connectivity index (χ0v) is 15.4. The lowest BCUT2D eigenvalue weighted by Gasteiger charge is -2.06. The van der Waals surface area contributed by atoms with Gasteiger partial charge < -0.3 is 14.8 Å². The lowest BCUT2D eigenvalue weighted by atomic mass is 10.2. The summed E-state index contributed by atoms with van der Waals surface area (Å²) in [5.74, 6) is 1.38. The van der Waals surface area contributed by atoms with Crippen molar-refractivity contribution in [2.75, 3.05) is 31.3 Å². The van der Waals surface area contributed by atoms with Gasteiger partial charge in [0.05, 0.1) is 0 Å². The van der Waals surface area contributed by atoms with Crippen LogP contribution in [-0.4, -0.2) is 43.3 Å². The number of esters is 1. The van der Waals surface area contributed by atoms with Crippen molar-refractivity contribution < 1.29 is 19.1 Å². The van der Waals surface area contributed by atoms with E-state index in [0.717, 1.165) is 43.6 Å². The maximum absolute atomic E-state index is 11.3. The average molecular weight is 352 g/mol. The van der Waals surface area contributed by atoms with Crippen LogP contribution in [0.1, 0.15) is 52.4 Å². The molecule has 0 aromatic rings. The van der Waals surface area contributed by atoms with Crippen LogP contribution in [0.15, 0.2) is 0 Å². The molecule has 7 heteroatoms. The number of alkyl carbamates (subject to hydrolysis) is 1. The van der Waals surface area contributed by atoms with Crippen LogP contribution in [0.3, 0.4) is 0 Å². The van der Waals surface area contributed by atoms with Crippen molar-refractivity contribution in [2.24, 2.45) is 0 Å². The highest BCUT2D eigenvalue weighted by Crippen LogP contribution is 2.20. The molecule has 0 aromatic carbocycles. The summed E-state index contributed by atoms with van der Waals surface area (Å²) >= 11 is 0. The quantitative estimate of drug-likeness (QED) is 0.290. The molecule has 1 N–H and O–H groups in total. The second-order valence-electron chi connectivity index (χ2n) is 4.74. The second kappa shape index (κ2) is 16.8. The van der Waals surface area contributed by atoms with Gasteiger partial charge in [0.2, 0.25) is 0 Å². The Balaban J connectivity index is 3.23. The van der Waals surface area contributed by atoms with E-state index in [2.05, 4.69) is 19.2 Å². The maximum Gasteiger partial charge on any atom is 0.407 e. The molecular weight excluding hydrogens is 322 g/mol. The molecule has 0 aromatic heterocycles. The molecule has 0 radical (unpaired) electrons. The first-order valence-corrected chi connectivity index (χ1v) is 10.5. The predicted molar refractivity (Wildman–Crippen MR) is 94.3 cm³/mol. The Morgan fingerprint density at radius 2 is 1.55 bits per heavy atom. The van der Waals surface area contributed by atoms with E-state index >= 15 is 0 Å². The molecule has 0 aliphatic heterocycles. The van der Waals surface area contributed by atoms with Gasteiger partial charge in [-0.05, 0) is 12.8 Å². The highest BCUT2D eigenvalue weighted by molar-refractivity contribution is 8.76. The molecule has 0 rings (SSSR count). The van der Waals surface area contributed by atoms with Gasteiger partial charge in [0.15, 0.2) is 0 Å². The van der Waals surface area contributed by atoms with E-state index in [1.54, 1.807) is 21.6 Å². The summed E-state index contributed by atoms with van der Waals surface area (Å²) in [6, 6.07) is 0. The third kappa shape index (κ3) is 15.8. The number of rotatable bonds is 14. The van der Waals surface area contributed by atoms with Crippen molar-refractivity contribution in [3.8, 4) is 0 Å². The molecule has 0 saturated carbocycles. The molecule has 0 fully saturated rings. The zero-order chi connectivity index (χ0) is 16.5. The number of hydrogen-bond acceptors (Lipinski definition) is 6. The number of nitrogens with one attached hydrogen (secondary N) is 1. The molecule has 0 saturated heterocycles. The van der Waals surface area contributed by atoms with Crippen LogP contribution >= 0.6 is 21.6 Å². The van der Waals surface area contributed by atoms with Crippen molar-refractivity contribution >= 4 is 33.7 Å². The smallest absolute Gasteiger partial charge is 0.407 e. The van der Waals surface area contributed by atoms with E-state index in [4.69, 9.17) is 9.47 Å². The minimum atomic E-state index is -0.347. The molecule has 22 heavy (non-hydrogen) atoms. The summed E-state index contributed by atoms with van der Waals surface area (Å²) in [6.07, 6.45) is 5.29. The van der Waals surface area contributed by atoms with E-state index < -0.39 is 0 Å². The third-order valence-electron chi connectivity index (χ3n) is 2.70. The number of carbonyl (C=O) groups excluding carboxylic acids is 2. The van der Waals surface area contributed by atoms with Gasteiger partial charge in [-0.25, -0.2) is 4.79 Å². The van der Waals surface area contributed by atoms with Gasteiger partial charge in [0.25, 0.3) is 0 Å². The minimum absolute atomic E-state index is 0.105. The Morgan fingerprint density at radius 3 is 2.18 bits per heavy atom. The largest absolute Gasteiger partial charge is 0.465 e. The van der Waals surface area contributed by atoms with Crippen LogP contribution in [0.25, 0.3) is 0 Å². The van der Waals surface area contributed by atoms with Gasteiger partial charge in [-0.2, -0.15) is 0 Å². The standard InChI is InChI=1S/C15H29NO4S2/c1-3-5-7-8-14(17)19-10-12-21-22-13-11-20-15(18)16-9-6-4-2/h3-13H2,1-2H3,(H,16,18). The summed E-state index contributed by atoms with van der Waals surface area (Å²) in [4.78, 5) is 22.6. The van der Waals surface area contributed by atoms with Gasteiger partial charge in [0, 0.05) is 24.5 Å². The predicted octanol–water partition coefficient (Wildman–Crippen LogP) is 4.02. The van der Waals surface area contributed by atoms with Crippen molar-refractivity contribution in [1.29, 1.82) is 0 Å². The summed E-state index contributed by atoms with van der Waals surface area (Å²) < 4.78 is 10.1. The van der Waals surface area contributed by atoms with Crippen molar-refractivity contribution in [3.63, 3.8) is 0 Å². The molecule has 130 valence electrons. The Bertz CT molecular complexity index is 263. The van der Waals surface area contributed by atoms with Crippen LogP contribution in [0, 0.1) is 0 Å². The van der Waals surface area contributed by atoms with Gasteiger partial charge in [-0.3, -0.25) is 4.79 Å². The van der Waals surface area contributed by atoms with Crippen LogP contribution < -0.4 is 5.32 Å². The second-order valence-corrected chi connectivity index (χ2v) is 7.44. The number of unbranched alkanes of at least 4 members (excludes halogenated alkanes) is 3. The molecule has 0 aliphatic carbocycles. The van der Waals surface area contributed by atoms with Crippen LogP contribution in [0.4, 0.5) is 4.79 Å². The third-order valence-corrected chi connectivity index (χ3v) is 5.03. The first-order valence-electron chi connectivity index (χ1n) is 8.01. The van der Waals surface area contributed by atoms with E-state index in [0.29, 0.717) is 26.2 Å². The molecule has 0 atom stereocenters. The summed E-state index contributed by atoms with van der Waals surface area (Å²) in [5.41, 5.74) is 0. The number of amides is 1. The molecule has 0 heterocycles. The summed E-state index contributed by atoms with van der Waals surface area (Å²) in [7, 11) is 3.24. The van der Waals surface area contributed by atoms with Gasteiger partial charge in [-0.1, -0.05) is 54.7 Å². The van der Waals surface area contributed by atoms with E-state index in [-0.39, 0.29) is 12.1 Å². The van der Waals surface area contributed by atoms with E-state index in [9.17, 15) is 9.59 Å². The Labute approximate surface area is 142 Å². The van der Waals surface area contributed by atoms with Crippen molar-refractivity contribution in [1.82, 2.24) is 5.32 Å². The van der Waals surface area contributed by atoms with Crippen molar-refractivity contribution in [2.45, 2.75) is 52.4 Å². The van der Waals surface area contributed by atoms with Crippen molar-refractivity contribution in [3.05, 3.63) is 0 Å². The molecule has 0 bridgehead atoms. The van der Waals surface area contributed by atoms with Crippen LogP contribution in [0.5, 0.6) is 0 Å². The zero-order valence-electron chi connectivity index (χ0n) is 13.7. The monoisotopic (exact) mass is 351 g/mol. The lowest BCUT2D eigenvalue weighted by Crippen LogP contribution is -2.25. The topological polar surface area (TPSA) is 64.6 Å². The molecule has 1 amide bonds. The number of carbonyl (C=O) groups is 2.